The van der Waals surface area contributed by atoms with Crippen LogP contribution in [0.4, 0.5) is 13.2 Å². The third-order valence-electron chi connectivity index (χ3n) is 2.24. The van der Waals surface area contributed by atoms with Crippen molar-refractivity contribution < 1.29 is 23.1 Å². The Morgan fingerprint density at radius 1 is 1.18 bits per heavy atom. The molecule has 1 heterocycles. The van der Waals surface area contributed by atoms with Gasteiger partial charge in [-0.25, -0.2) is 13.6 Å². The van der Waals surface area contributed by atoms with E-state index in [1.54, 1.807) is 4.98 Å². The average Bonchev–Trinajstić information content (AvgIpc) is 2.26. The molecule has 0 saturated heterocycles. The molecule has 0 atom stereocenters. The molecule has 0 saturated carbocycles. The molecule has 0 fully saturated rings. The lowest BCUT2D eigenvalue weighted by molar-refractivity contribution is 0.0693. The maximum absolute atomic E-state index is 13.3. The third kappa shape index (κ3) is 1.55. The molecular weight excluding hydrogens is 239 g/mol. The van der Waals surface area contributed by atoms with Gasteiger partial charge in [0.25, 0.3) is 5.56 Å². The summed E-state index contributed by atoms with van der Waals surface area (Å²) in [6, 6.07) is 1.54. The van der Waals surface area contributed by atoms with Crippen molar-refractivity contribution in [1.82, 2.24) is 4.98 Å². The number of nitrogens with one attached hydrogen (secondary N) is 1. The van der Waals surface area contributed by atoms with Gasteiger partial charge >= 0.3 is 5.97 Å². The second-order valence-electron chi connectivity index (χ2n) is 3.23. The fourth-order valence-electron chi connectivity index (χ4n) is 1.49. The van der Waals surface area contributed by atoms with Gasteiger partial charge in [0.2, 0.25) is 5.82 Å². The van der Waals surface area contributed by atoms with Crippen molar-refractivity contribution in [2.75, 3.05) is 0 Å². The quantitative estimate of drug-likeness (QED) is 0.799. The topological polar surface area (TPSA) is 70.2 Å². The van der Waals surface area contributed by atoms with Crippen molar-refractivity contribution in [1.29, 1.82) is 0 Å². The minimum atomic E-state index is -1.73. The maximum Gasteiger partial charge on any atom is 0.339 e. The smallest absolute Gasteiger partial charge is 0.339 e. The molecule has 0 bridgehead atoms. The second kappa shape index (κ2) is 3.62. The number of H-pyrrole nitrogens is 1. The number of aromatic carboxylic acids is 1. The predicted octanol–water partition coefficient (Wildman–Crippen LogP) is 1.64. The molecule has 7 heteroatoms. The van der Waals surface area contributed by atoms with Crippen molar-refractivity contribution in [2.45, 2.75) is 0 Å². The van der Waals surface area contributed by atoms with Crippen molar-refractivity contribution in [3.05, 3.63) is 45.5 Å². The molecule has 1 aromatic heterocycles. The molecule has 1 aromatic carbocycles. The normalized spacial score (nSPS) is 10.8. The molecule has 88 valence electrons. The van der Waals surface area contributed by atoms with Gasteiger partial charge in [0, 0.05) is 5.39 Å². The third-order valence-corrected chi connectivity index (χ3v) is 2.24. The number of hydrogen-bond donors (Lipinski definition) is 2. The first-order valence-corrected chi connectivity index (χ1v) is 4.36. The largest absolute Gasteiger partial charge is 0.478 e. The van der Waals surface area contributed by atoms with Crippen molar-refractivity contribution in [3.8, 4) is 0 Å². The van der Waals surface area contributed by atoms with Gasteiger partial charge in [0.1, 0.15) is 5.56 Å². The Labute approximate surface area is 91.3 Å². The number of rotatable bonds is 1. The number of pyridine rings is 1. The molecule has 2 aromatic rings. The first-order chi connectivity index (χ1) is 7.93. The van der Waals surface area contributed by atoms with Crippen molar-refractivity contribution in [3.63, 3.8) is 0 Å². The predicted molar refractivity (Wildman–Crippen MR) is 51.4 cm³/mol. The van der Waals surface area contributed by atoms with Crippen molar-refractivity contribution in [2.24, 2.45) is 0 Å². The number of fused-ring (bicyclic) bond motifs is 1. The van der Waals surface area contributed by atoms with E-state index in [1.165, 1.54) is 0 Å². The first-order valence-electron chi connectivity index (χ1n) is 4.36. The Kier molecular flexibility index (Phi) is 2.38. The standard InChI is InChI=1S/C10H4F3NO3/c11-4-2-1-3-5(10(16)17)7(13)9(15)14-8(3)6(4)12/h1-2H,(H,14,15)(H,16,17). The van der Waals surface area contributed by atoms with Crippen LogP contribution in [-0.2, 0) is 0 Å². The van der Waals surface area contributed by atoms with E-state index in [0.717, 1.165) is 6.07 Å². The molecule has 0 aliphatic carbocycles. The van der Waals surface area contributed by atoms with Crippen molar-refractivity contribution >= 4 is 16.9 Å². The first kappa shape index (κ1) is 11.2. The van der Waals surface area contributed by atoms with Gasteiger partial charge in [-0.1, -0.05) is 0 Å². The van der Waals surface area contributed by atoms with E-state index in [1.807, 2.05) is 0 Å². The lowest BCUT2D eigenvalue weighted by Crippen LogP contribution is -2.18. The van der Waals surface area contributed by atoms with Crippen LogP contribution < -0.4 is 5.56 Å². The van der Waals surface area contributed by atoms with Gasteiger partial charge in [-0.05, 0) is 12.1 Å². The minimum absolute atomic E-state index is 0.409. The Morgan fingerprint density at radius 3 is 2.41 bits per heavy atom. The van der Waals surface area contributed by atoms with Crippen LogP contribution in [0.1, 0.15) is 10.4 Å². The van der Waals surface area contributed by atoms with Gasteiger partial charge < -0.3 is 10.1 Å². The van der Waals surface area contributed by atoms with Gasteiger partial charge in [0.15, 0.2) is 11.6 Å². The van der Waals surface area contributed by atoms with Crippen LogP contribution in [0.5, 0.6) is 0 Å². The van der Waals surface area contributed by atoms with Gasteiger partial charge in [-0.15, -0.1) is 0 Å². The van der Waals surface area contributed by atoms with E-state index < -0.39 is 45.4 Å². The molecule has 2 rings (SSSR count). The van der Waals surface area contributed by atoms with E-state index >= 15 is 0 Å². The van der Waals surface area contributed by atoms with Gasteiger partial charge in [-0.3, -0.25) is 4.79 Å². The summed E-state index contributed by atoms with van der Waals surface area (Å²) in [6.07, 6.45) is 0. The molecule has 0 spiro atoms. The van der Waals surface area contributed by atoms with Gasteiger partial charge in [0.05, 0.1) is 5.52 Å². The summed E-state index contributed by atoms with van der Waals surface area (Å²) in [6.45, 7) is 0. The highest BCUT2D eigenvalue weighted by Crippen LogP contribution is 2.21. The summed E-state index contributed by atoms with van der Waals surface area (Å²) < 4.78 is 39.4. The minimum Gasteiger partial charge on any atom is -0.478 e. The summed E-state index contributed by atoms with van der Waals surface area (Å²) >= 11 is 0. The number of aromatic amines is 1. The molecule has 4 nitrogen and oxygen atoms in total. The lowest BCUT2D eigenvalue weighted by Gasteiger charge is -2.04. The van der Waals surface area contributed by atoms with Crippen LogP contribution in [-0.4, -0.2) is 16.1 Å². The zero-order valence-electron chi connectivity index (χ0n) is 8.05. The summed E-state index contributed by atoms with van der Waals surface area (Å²) in [7, 11) is 0. The lowest BCUT2D eigenvalue weighted by atomic mass is 10.1. The van der Waals surface area contributed by atoms with Crippen LogP contribution in [0.15, 0.2) is 16.9 Å². The fraction of sp³-hybridized carbons (Fsp3) is 0. The van der Waals surface area contributed by atoms with E-state index in [2.05, 4.69) is 0 Å². The number of carboxylic acid groups (broad SMARTS) is 1. The second-order valence-corrected chi connectivity index (χ2v) is 3.23. The number of carboxylic acids is 1. The Hall–Kier alpha value is -2.31. The number of benzene rings is 1. The highest BCUT2D eigenvalue weighted by atomic mass is 19.2. The summed E-state index contributed by atoms with van der Waals surface area (Å²) in [5.41, 5.74) is -3.07. The van der Waals surface area contributed by atoms with Crippen LogP contribution in [0.2, 0.25) is 0 Å². The molecular formula is C10H4F3NO3. The highest BCUT2D eigenvalue weighted by molar-refractivity contribution is 6.02. The number of halogens is 3. The fourth-order valence-corrected chi connectivity index (χ4v) is 1.49. The monoisotopic (exact) mass is 243 g/mol. The summed E-state index contributed by atoms with van der Waals surface area (Å²) in [5, 5.41) is 8.33. The van der Waals surface area contributed by atoms with E-state index in [0.29, 0.717) is 6.07 Å². The molecule has 0 aliphatic heterocycles. The summed E-state index contributed by atoms with van der Waals surface area (Å²) in [4.78, 5) is 23.6. The molecule has 0 unspecified atom stereocenters. The number of hydrogen-bond acceptors (Lipinski definition) is 2. The Balaban J connectivity index is 3.08. The summed E-state index contributed by atoms with van der Waals surface area (Å²) in [5.74, 6) is -5.97. The molecule has 0 amide bonds. The maximum atomic E-state index is 13.3. The number of carbonyl (C=O) groups is 1. The van der Waals surface area contributed by atoms with Crippen LogP contribution in [0.25, 0.3) is 10.9 Å². The average molecular weight is 243 g/mol. The van der Waals surface area contributed by atoms with Crippen LogP contribution in [0.3, 0.4) is 0 Å². The van der Waals surface area contributed by atoms with Crippen LogP contribution >= 0.6 is 0 Å². The molecule has 2 N–H and O–H groups in total. The zero-order chi connectivity index (χ0) is 12.7. The SMILES string of the molecule is O=C(O)c1c(F)c(=O)[nH]c2c(F)c(F)ccc12. The zero-order valence-corrected chi connectivity index (χ0v) is 8.05. The Bertz CT molecular complexity index is 693. The molecule has 0 aliphatic rings. The molecule has 17 heavy (non-hydrogen) atoms. The molecule has 0 radical (unpaired) electrons. The van der Waals surface area contributed by atoms with E-state index in [-0.39, 0.29) is 0 Å². The van der Waals surface area contributed by atoms with Crippen LogP contribution in [0, 0.1) is 17.5 Å². The van der Waals surface area contributed by atoms with E-state index in [4.69, 9.17) is 5.11 Å². The Morgan fingerprint density at radius 2 is 1.82 bits per heavy atom. The highest BCUT2D eigenvalue weighted by Gasteiger charge is 2.21. The van der Waals surface area contributed by atoms with Gasteiger partial charge in [-0.2, -0.15) is 4.39 Å². The van der Waals surface area contributed by atoms with E-state index in [9.17, 15) is 22.8 Å². The number of aromatic nitrogens is 1.